The zero-order valence-electron chi connectivity index (χ0n) is 11.0. The topological polar surface area (TPSA) is 66.4 Å². The van der Waals surface area contributed by atoms with E-state index >= 15 is 0 Å². The molecule has 0 aliphatic carbocycles. The fourth-order valence-corrected chi connectivity index (χ4v) is 1.84. The molecular weight excluding hydrogens is 311 g/mol. The number of rotatable bonds is 5. The van der Waals surface area contributed by atoms with Crippen molar-refractivity contribution >= 4 is 23.5 Å². The number of hydrogen-bond acceptors (Lipinski definition) is 2. The maximum Gasteiger partial charge on any atom is 0.416 e. The Hall–Kier alpha value is -1.76. The van der Waals surface area contributed by atoms with Crippen LogP contribution in [-0.4, -0.2) is 23.0 Å². The number of aliphatic carboxylic acids is 1. The van der Waals surface area contributed by atoms with E-state index in [4.69, 9.17) is 16.7 Å². The van der Waals surface area contributed by atoms with E-state index in [1.54, 1.807) is 6.92 Å². The van der Waals surface area contributed by atoms with Crippen molar-refractivity contribution in [3.05, 3.63) is 34.3 Å². The van der Waals surface area contributed by atoms with Gasteiger partial charge in [-0.25, -0.2) is 0 Å². The second-order valence-corrected chi connectivity index (χ2v) is 4.97. The van der Waals surface area contributed by atoms with E-state index in [9.17, 15) is 22.8 Å². The van der Waals surface area contributed by atoms with Crippen LogP contribution in [0, 0.1) is 0 Å². The first-order chi connectivity index (χ1) is 9.59. The molecule has 1 unspecified atom stereocenters. The Morgan fingerprint density at radius 3 is 2.48 bits per heavy atom. The number of nitrogens with one attached hydrogen (secondary N) is 1. The van der Waals surface area contributed by atoms with Crippen molar-refractivity contribution in [2.24, 2.45) is 0 Å². The maximum absolute atomic E-state index is 12.6. The minimum Gasteiger partial charge on any atom is -0.481 e. The van der Waals surface area contributed by atoms with Crippen LogP contribution >= 0.6 is 11.6 Å². The third-order valence-electron chi connectivity index (χ3n) is 2.66. The number of carbonyl (C=O) groups is 2. The Kier molecular flexibility index (Phi) is 5.60. The van der Waals surface area contributed by atoms with E-state index in [1.807, 2.05) is 0 Å². The summed E-state index contributed by atoms with van der Waals surface area (Å²) in [5.41, 5.74) is -1.24. The van der Waals surface area contributed by atoms with Gasteiger partial charge in [-0.15, -0.1) is 0 Å². The number of hydrogen-bond donors (Lipinski definition) is 2. The molecule has 0 radical (unpaired) electrons. The quantitative estimate of drug-likeness (QED) is 0.873. The molecule has 0 aliphatic heterocycles. The predicted molar refractivity (Wildman–Crippen MR) is 70.3 cm³/mol. The van der Waals surface area contributed by atoms with E-state index < -0.39 is 29.7 Å². The van der Waals surface area contributed by atoms with Crippen molar-refractivity contribution in [2.45, 2.75) is 32.0 Å². The number of halogens is 4. The van der Waals surface area contributed by atoms with Gasteiger partial charge in [0.1, 0.15) is 0 Å². The van der Waals surface area contributed by atoms with E-state index in [1.165, 1.54) is 0 Å². The lowest BCUT2D eigenvalue weighted by molar-refractivity contribution is -0.138. The summed E-state index contributed by atoms with van der Waals surface area (Å²) in [6, 6.07) is 2.06. The van der Waals surface area contributed by atoms with Crippen molar-refractivity contribution in [2.75, 3.05) is 0 Å². The highest BCUT2D eigenvalue weighted by Gasteiger charge is 2.31. The van der Waals surface area contributed by atoms with Crippen LogP contribution in [0.15, 0.2) is 18.2 Å². The van der Waals surface area contributed by atoms with E-state index in [0.29, 0.717) is 6.07 Å². The lowest BCUT2D eigenvalue weighted by Crippen LogP contribution is -2.33. The highest BCUT2D eigenvalue weighted by Crippen LogP contribution is 2.31. The number of amides is 1. The lowest BCUT2D eigenvalue weighted by Gasteiger charge is -2.14. The molecule has 116 valence electrons. The van der Waals surface area contributed by atoms with Gasteiger partial charge in [0.05, 0.1) is 5.56 Å². The fourth-order valence-electron chi connectivity index (χ4n) is 1.60. The van der Waals surface area contributed by atoms with Gasteiger partial charge in [-0.1, -0.05) is 11.6 Å². The number of alkyl halides is 3. The minimum atomic E-state index is -4.60. The zero-order valence-corrected chi connectivity index (χ0v) is 11.8. The van der Waals surface area contributed by atoms with Gasteiger partial charge in [0.25, 0.3) is 5.91 Å². The lowest BCUT2D eigenvalue weighted by atomic mass is 10.1. The van der Waals surface area contributed by atoms with Gasteiger partial charge in [-0.05, 0) is 31.5 Å². The summed E-state index contributed by atoms with van der Waals surface area (Å²) >= 11 is 5.58. The molecule has 2 N–H and O–H groups in total. The van der Waals surface area contributed by atoms with Gasteiger partial charge in [0.2, 0.25) is 0 Å². The molecule has 1 aromatic rings. The van der Waals surface area contributed by atoms with Crippen LogP contribution in [0.3, 0.4) is 0 Å². The van der Waals surface area contributed by atoms with E-state index in [0.717, 1.165) is 12.1 Å². The molecule has 0 heterocycles. The van der Waals surface area contributed by atoms with Crippen LogP contribution < -0.4 is 5.32 Å². The van der Waals surface area contributed by atoms with Gasteiger partial charge >= 0.3 is 12.1 Å². The average molecular weight is 324 g/mol. The fraction of sp³-hybridized carbons (Fsp3) is 0.385. The molecule has 1 aromatic carbocycles. The van der Waals surface area contributed by atoms with Gasteiger partial charge < -0.3 is 10.4 Å². The Morgan fingerprint density at radius 2 is 1.95 bits per heavy atom. The summed E-state index contributed by atoms with van der Waals surface area (Å²) in [6.45, 7) is 1.57. The molecule has 8 heteroatoms. The third kappa shape index (κ3) is 5.63. The Labute approximate surface area is 123 Å². The molecule has 0 saturated heterocycles. The van der Waals surface area contributed by atoms with Gasteiger partial charge in [0.15, 0.2) is 0 Å². The Balaban J connectivity index is 2.83. The summed E-state index contributed by atoms with van der Waals surface area (Å²) in [6.07, 6.45) is -4.58. The highest BCUT2D eigenvalue weighted by molar-refractivity contribution is 6.31. The molecule has 0 spiro atoms. The van der Waals surface area contributed by atoms with Gasteiger partial charge in [0, 0.05) is 23.0 Å². The summed E-state index contributed by atoms with van der Waals surface area (Å²) in [5, 5.41) is 10.7. The Bertz CT molecular complexity index is 546. The molecule has 1 rings (SSSR count). The van der Waals surface area contributed by atoms with Crippen LogP contribution in [0.5, 0.6) is 0 Å². The second-order valence-electron chi connectivity index (χ2n) is 4.53. The Morgan fingerprint density at radius 1 is 1.33 bits per heavy atom. The monoisotopic (exact) mass is 323 g/mol. The molecule has 4 nitrogen and oxygen atoms in total. The predicted octanol–water partition coefficient (Wildman–Crippen LogP) is 3.34. The maximum atomic E-state index is 12.6. The number of benzene rings is 1. The molecule has 1 atom stereocenters. The van der Waals surface area contributed by atoms with Crippen molar-refractivity contribution in [3.63, 3.8) is 0 Å². The van der Waals surface area contributed by atoms with E-state index in [2.05, 4.69) is 5.32 Å². The van der Waals surface area contributed by atoms with Crippen LogP contribution in [-0.2, 0) is 11.0 Å². The van der Waals surface area contributed by atoms with Crippen LogP contribution in [0.25, 0.3) is 0 Å². The molecular formula is C13H13ClF3NO3. The van der Waals surface area contributed by atoms with Crippen molar-refractivity contribution in [1.29, 1.82) is 0 Å². The molecule has 0 saturated carbocycles. The first-order valence-electron chi connectivity index (χ1n) is 6.00. The zero-order chi connectivity index (χ0) is 16.2. The number of carboxylic acids is 1. The second kappa shape index (κ2) is 6.80. The third-order valence-corrected chi connectivity index (χ3v) is 2.87. The molecule has 1 amide bonds. The van der Waals surface area contributed by atoms with Crippen molar-refractivity contribution in [1.82, 2.24) is 5.32 Å². The summed E-state index contributed by atoms with van der Waals surface area (Å²) < 4.78 is 37.9. The summed E-state index contributed by atoms with van der Waals surface area (Å²) in [4.78, 5) is 22.3. The molecule has 0 aromatic heterocycles. The number of carboxylic acid groups (broad SMARTS) is 1. The normalized spacial score (nSPS) is 12.8. The molecule has 0 aliphatic rings. The molecule has 0 bridgehead atoms. The van der Waals surface area contributed by atoms with Crippen molar-refractivity contribution in [3.8, 4) is 0 Å². The van der Waals surface area contributed by atoms with Crippen LogP contribution in [0.1, 0.15) is 35.7 Å². The minimum absolute atomic E-state index is 0.148. The molecule has 0 fully saturated rings. The van der Waals surface area contributed by atoms with E-state index in [-0.39, 0.29) is 23.4 Å². The summed E-state index contributed by atoms with van der Waals surface area (Å²) in [5.74, 6) is -1.75. The average Bonchev–Trinajstić information content (AvgIpc) is 2.34. The van der Waals surface area contributed by atoms with Gasteiger partial charge in [-0.2, -0.15) is 13.2 Å². The highest BCUT2D eigenvalue weighted by atomic mass is 35.5. The largest absolute Gasteiger partial charge is 0.481 e. The number of carbonyl (C=O) groups excluding carboxylic acids is 1. The first-order valence-corrected chi connectivity index (χ1v) is 6.38. The summed E-state index contributed by atoms with van der Waals surface area (Å²) in [7, 11) is 0. The smallest absolute Gasteiger partial charge is 0.416 e. The SMILES string of the molecule is CC(CCC(=O)O)NC(=O)c1cc(Cl)cc(C(F)(F)F)c1. The standard InChI is InChI=1S/C13H13ClF3NO3/c1-7(2-3-11(19)20)18-12(21)8-4-9(13(15,16)17)6-10(14)5-8/h4-7H,2-3H2,1H3,(H,18,21)(H,19,20). The van der Waals surface area contributed by atoms with Crippen molar-refractivity contribution < 1.29 is 27.9 Å². The first kappa shape index (κ1) is 17.3. The van der Waals surface area contributed by atoms with Gasteiger partial charge in [-0.3, -0.25) is 9.59 Å². The van der Waals surface area contributed by atoms with Crippen LogP contribution in [0.4, 0.5) is 13.2 Å². The molecule has 21 heavy (non-hydrogen) atoms. The van der Waals surface area contributed by atoms with Crippen LogP contribution in [0.2, 0.25) is 5.02 Å².